The molecule has 0 radical (unpaired) electrons. The Bertz CT molecular complexity index is 302. The number of pyridine rings is 1. The second kappa shape index (κ2) is 4.45. The molecule has 0 bridgehead atoms. The summed E-state index contributed by atoms with van der Waals surface area (Å²) in [5.74, 6) is -0.184. The van der Waals surface area contributed by atoms with Crippen molar-refractivity contribution in [3.63, 3.8) is 0 Å². The van der Waals surface area contributed by atoms with Crippen LogP contribution < -0.4 is 35.3 Å². The van der Waals surface area contributed by atoms with Gasteiger partial charge in [0.25, 0.3) is 0 Å². The van der Waals surface area contributed by atoms with Crippen LogP contribution >= 0.6 is 0 Å². The smallest absolute Gasteiger partial charge is 0.778 e. The van der Waals surface area contributed by atoms with E-state index in [4.69, 9.17) is 5.73 Å². The molecule has 1 heterocycles. The summed E-state index contributed by atoms with van der Waals surface area (Å²) in [5, 5.41) is 0. The maximum atomic E-state index is 12.0. The molecule has 0 aliphatic heterocycles. The molecule has 1 aromatic rings. The van der Waals surface area contributed by atoms with Gasteiger partial charge in [0.2, 0.25) is 0 Å². The molecule has 0 unspecified atom stereocenters. The molecule has 0 fully saturated rings. The fourth-order valence-corrected chi connectivity index (χ4v) is 0.894. The van der Waals surface area contributed by atoms with Crippen LogP contribution in [0.4, 0.5) is 19.0 Å². The summed E-state index contributed by atoms with van der Waals surface area (Å²) in [4.78, 5) is 2.76. The molecule has 0 aliphatic rings. The first kappa shape index (κ1) is 13.0. The molecule has 1 aromatic heterocycles. The third-order valence-electron chi connectivity index (χ3n) is 1.15. The maximum absolute atomic E-state index is 12.0. The maximum Gasteiger partial charge on any atom is 1.00 e. The molecule has 0 amide bonds. The van der Waals surface area contributed by atoms with Crippen LogP contribution in [0.3, 0.4) is 0 Å². The van der Waals surface area contributed by atoms with E-state index in [1.165, 1.54) is 6.07 Å². The van der Waals surface area contributed by atoms with Gasteiger partial charge in [-0.3, -0.25) is 0 Å². The van der Waals surface area contributed by atoms with E-state index in [2.05, 4.69) is 17.6 Å². The first-order valence-corrected chi connectivity index (χ1v) is 3.33. The zero-order valence-electron chi connectivity index (χ0n) is 6.72. The van der Waals surface area contributed by atoms with Crippen molar-refractivity contribution >= 4 is 18.4 Å². The quantitative estimate of drug-likeness (QED) is 0.428. The van der Waals surface area contributed by atoms with Crippen molar-refractivity contribution in [2.24, 2.45) is 0 Å². The van der Waals surface area contributed by atoms with Gasteiger partial charge in [-0.1, -0.05) is 6.07 Å². The number of nitrogens with two attached hydrogens (primary N) is 1. The number of anilines is 1. The summed E-state index contributed by atoms with van der Waals surface area (Å²) in [6.45, 7) is 0. The van der Waals surface area contributed by atoms with E-state index in [-0.39, 0.29) is 40.3 Å². The van der Waals surface area contributed by atoms with E-state index in [0.717, 1.165) is 6.07 Å². The van der Waals surface area contributed by atoms with Crippen molar-refractivity contribution in [2.45, 2.75) is 11.1 Å². The summed E-state index contributed by atoms with van der Waals surface area (Å²) in [6.07, 6.45) is -4.52. The molecule has 13 heavy (non-hydrogen) atoms. The molecule has 0 spiro atoms. The Kier molecular flexibility index (Phi) is 4.44. The molecule has 0 aromatic carbocycles. The third-order valence-corrected chi connectivity index (χ3v) is 1.48. The minimum Gasteiger partial charge on any atom is -0.778 e. The van der Waals surface area contributed by atoms with E-state index < -0.39 is 11.9 Å². The van der Waals surface area contributed by atoms with Gasteiger partial charge >= 0.3 is 35.7 Å². The van der Waals surface area contributed by atoms with Crippen LogP contribution in [-0.2, 0) is 18.8 Å². The van der Waals surface area contributed by atoms with Crippen LogP contribution in [0.25, 0.3) is 0 Å². The Morgan fingerprint density at radius 3 is 2.23 bits per heavy atom. The summed E-state index contributed by atoms with van der Waals surface area (Å²) < 4.78 is 36.1. The topological polar surface area (TPSA) is 38.9 Å². The Hall–Kier alpha value is -0.0400. The average Bonchev–Trinajstić information content (AvgIpc) is 1.92. The summed E-state index contributed by atoms with van der Waals surface area (Å²) >= 11 is 4.42. The fourth-order valence-electron chi connectivity index (χ4n) is 0.665. The predicted octanol–water partition coefficient (Wildman–Crippen LogP) is -1.41. The number of hydrogen-bond acceptors (Lipinski definition) is 3. The first-order valence-electron chi connectivity index (χ1n) is 2.92. The molecule has 0 saturated carbocycles. The summed E-state index contributed by atoms with van der Waals surface area (Å²) in [5.41, 5.74) is 3.97. The van der Waals surface area contributed by atoms with E-state index >= 15 is 0 Å². The Morgan fingerprint density at radius 2 is 1.85 bits per heavy atom. The molecule has 1 rings (SSSR count). The van der Waals surface area contributed by atoms with Gasteiger partial charge in [-0.25, -0.2) is 4.98 Å². The van der Waals surface area contributed by atoms with Gasteiger partial charge in [0, 0.05) is 0 Å². The largest absolute Gasteiger partial charge is 1.00 e. The zero-order valence-corrected chi connectivity index (χ0v) is 9.54. The van der Waals surface area contributed by atoms with Crippen LogP contribution in [0.15, 0.2) is 17.0 Å². The Balaban J connectivity index is 0.00000144. The number of hydrogen-bond donors (Lipinski definition) is 1. The summed E-state index contributed by atoms with van der Waals surface area (Å²) in [6, 6.07) is 2.35. The second-order valence-electron chi connectivity index (χ2n) is 2.08. The standard InChI is InChI=1S/C6H5F3N2S.Na/c7-6(8,9)5-3(12)1-2-4(10)11-5;/h1-2,12H,(H2,10,11);/q;+1/p-1. The van der Waals surface area contributed by atoms with Gasteiger partial charge in [-0.15, -0.1) is 4.90 Å². The van der Waals surface area contributed by atoms with E-state index in [0.29, 0.717) is 0 Å². The van der Waals surface area contributed by atoms with Crippen LogP contribution in [0.5, 0.6) is 0 Å². The summed E-state index contributed by atoms with van der Waals surface area (Å²) in [7, 11) is 0. The predicted molar refractivity (Wildman–Crippen MR) is 39.3 cm³/mol. The van der Waals surface area contributed by atoms with Crippen molar-refractivity contribution in [1.82, 2.24) is 4.98 Å². The molecule has 2 N–H and O–H groups in total. The van der Waals surface area contributed by atoms with Crippen LogP contribution in [0, 0.1) is 0 Å². The molecular formula is C6H4F3N2NaS. The number of rotatable bonds is 0. The molecule has 7 heteroatoms. The van der Waals surface area contributed by atoms with Crippen molar-refractivity contribution < 1.29 is 42.7 Å². The molecule has 0 saturated heterocycles. The first-order chi connectivity index (χ1) is 5.41. The monoisotopic (exact) mass is 216 g/mol. The SMILES string of the molecule is Nc1ccc([S-])c(C(F)(F)F)n1.[Na+]. The zero-order chi connectivity index (χ0) is 9.35. The Morgan fingerprint density at radius 1 is 1.31 bits per heavy atom. The number of nitrogen functional groups attached to an aromatic ring is 1. The average molecular weight is 216 g/mol. The Labute approximate surface area is 100 Å². The molecule has 66 valence electrons. The van der Waals surface area contributed by atoms with Crippen molar-refractivity contribution in [1.29, 1.82) is 0 Å². The van der Waals surface area contributed by atoms with Crippen LogP contribution in [0.2, 0.25) is 0 Å². The van der Waals surface area contributed by atoms with E-state index in [1.807, 2.05) is 0 Å². The fraction of sp³-hybridized carbons (Fsp3) is 0.167. The van der Waals surface area contributed by atoms with Crippen molar-refractivity contribution in [2.75, 3.05) is 5.73 Å². The third kappa shape index (κ3) is 3.30. The molecule has 0 aliphatic carbocycles. The van der Waals surface area contributed by atoms with Crippen molar-refractivity contribution in [3.05, 3.63) is 17.8 Å². The number of halogens is 3. The minimum atomic E-state index is -4.52. The second-order valence-corrected chi connectivity index (χ2v) is 2.52. The van der Waals surface area contributed by atoms with Gasteiger partial charge in [0.1, 0.15) is 11.5 Å². The number of alkyl halides is 3. The van der Waals surface area contributed by atoms with Gasteiger partial charge in [-0.05, 0) is 6.07 Å². The minimum absolute atomic E-state index is 0. The normalized spacial score (nSPS) is 10.7. The van der Waals surface area contributed by atoms with Gasteiger partial charge in [-0.2, -0.15) is 13.2 Å². The van der Waals surface area contributed by atoms with Gasteiger partial charge in [0.15, 0.2) is 0 Å². The van der Waals surface area contributed by atoms with E-state index in [1.54, 1.807) is 0 Å². The van der Waals surface area contributed by atoms with Gasteiger partial charge in [0.05, 0.1) is 0 Å². The number of aromatic nitrogens is 1. The van der Waals surface area contributed by atoms with Crippen molar-refractivity contribution in [3.8, 4) is 0 Å². The van der Waals surface area contributed by atoms with Gasteiger partial charge < -0.3 is 18.4 Å². The molecule has 0 atom stereocenters. The van der Waals surface area contributed by atoms with Crippen LogP contribution in [0.1, 0.15) is 5.69 Å². The molecular weight excluding hydrogens is 212 g/mol. The van der Waals surface area contributed by atoms with E-state index in [9.17, 15) is 13.2 Å². The number of nitrogens with zero attached hydrogens (tertiary/aromatic N) is 1. The van der Waals surface area contributed by atoms with Crippen LogP contribution in [-0.4, -0.2) is 4.98 Å². The molecule has 2 nitrogen and oxygen atoms in total.